The minimum absolute atomic E-state index is 0.0884. The van der Waals surface area contributed by atoms with Gasteiger partial charge in [0.1, 0.15) is 0 Å². The van der Waals surface area contributed by atoms with Crippen molar-refractivity contribution in [3.8, 4) is 11.4 Å². The Hall–Kier alpha value is -1.66. The third-order valence-electron chi connectivity index (χ3n) is 2.70. The molecule has 0 aliphatic heterocycles. The monoisotopic (exact) mass is 303 g/mol. The van der Waals surface area contributed by atoms with Gasteiger partial charge in [0.15, 0.2) is 4.34 Å². The number of thioether (sulfide) groups is 1. The number of rotatable bonds is 4. The van der Waals surface area contributed by atoms with Gasteiger partial charge in [-0.15, -0.1) is 11.3 Å². The van der Waals surface area contributed by atoms with Crippen LogP contribution in [0.5, 0.6) is 0 Å². The zero-order chi connectivity index (χ0) is 13.9. The molecule has 1 aromatic carbocycles. The Morgan fingerprint density at radius 1 is 1.20 bits per heavy atom. The average molecular weight is 303 g/mol. The van der Waals surface area contributed by atoms with E-state index in [1.165, 1.54) is 0 Å². The lowest BCUT2D eigenvalue weighted by molar-refractivity contribution is 0.381. The van der Waals surface area contributed by atoms with E-state index in [0.29, 0.717) is 11.7 Å². The smallest absolute Gasteiger partial charge is 0.240 e. The van der Waals surface area contributed by atoms with Crippen LogP contribution in [0.2, 0.25) is 0 Å². The summed E-state index contributed by atoms with van der Waals surface area (Å²) in [4.78, 5) is 8.89. The summed E-state index contributed by atoms with van der Waals surface area (Å²) in [7, 11) is 0. The van der Waals surface area contributed by atoms with E-state index in [1.807, 2.05) is 49.6 Å². The summed E-state index contributed by atoms with van der Waals surface area (Å²) in [5.41, 5.74) is 2.00. The van der Waals surface area contributed by atoms with Crippen LogP contribution in [0.25, 0.3) is 11.4 Å². The SMILES string of the molecule is Cc1csc(SC(C)c2nc(-c3ccccc3)no2)n1. The fourth-order valence-electron chi connectivity index (χ4n) is 1.69. The van der Waals surface area contributed by atoms with Crippen molar-refractivity contribution in [2.24, 2.45) is 0 Å². The van der Waals surface area contributed by atoms with Gasteiger partial charge in [0.2, 0.25) is 11.7 Å². The number of benzene rings is 1. The first-order chi connectivity index (χ1) is 9.72. The maximum atomic E-state index is 5.35. The summed E-state index contributed by atoms with van der Waals surface area (Å²) in [6, 6.07) is 9.82. The molecule has 20 heavy (non-hydrogen) atoms. The highest BCUT2D eigenvalue weighted by Crippen LogP contribution is 2.36. The van der Waals surface area contributed by atoms with Crippen LogP contribution in [0.3, 0.4) is 0 Å². The predicted molar refractivity (Wildman–Crippen MR) is 80.9 cm³/mol. The minimum Gasteiger partial charge on any atom is -0.338 e. The molecule has 0 saturated heterocycles. The van der Waals surface area contributed by atoms with Crippen molar-refractivity contribution >= 4 is 23.1 Å². The molecule has 0 amide bonds. The van der Waals surface area contributed by atoms with Crippen LogP contribution < -0.4 is 0 Å². The van der Waals surface area contributed by atoms with E-state index >= 15 is 0 Å². The highest BCUT2D eigenvalue weighted by Gasteiger charge is 2.17. The molecule has 0 aliphatic carbocycles. The number of aryl methyl sites for hydroxylation is 1. The molecule has 6 heteroatoms. The second kappa shape index (κ2) is 5.76. The Labute approximate surface area is 125 Å². The van der Waals surface area contributed by atoms with Gasteiger partial charge in [0, 0.05) is 16.6 Å². The summed E-state index contributed by atoms with van der Waals surface area (Å²) >= 11 is 3.27. The van der Waals surface area contributed by atoms with Crippen LogP contribution >= 0.6 is 23.1 Å². The molecule has 1 atom stereocenters. The molecule has 0 aliphatic rings. The third-order valence-corrected chi connectivity index (χ3v) is 4.87. The van der Waals surface area contributed by atoms with E-state index in [9.17, 15) is 0 Å². The highest BCUT2D eigenvalue weighted by atomic mass is 32.2. The molecule has 0 bridgehead atoms. The normalized spacial score (nSPS) is 12.5. The van der Waals surface area contributed by atoms with Gasteiger partial charge in [-0.05, 0) is 13.8 Å². The van der Waals surface area contributed by atoms with Crippen LogP contribution in [0.1, 0.15) is 23.8 Å². The number of thiazole rings is 1. The van der Waals surface area contributed by atoms with E-state index < -0.39 is 0 Å². The molecule has 0 radical (unpaired) electrons. The Bertz CT molecular complexity index is 693. The maximum Gasteiger partial charge on any atom is 0.240 e. The first-order valence-electron chi connectivity index (χ1n) is 6.20. The molecule has 0 saturated carbocycles. The van der Waals surface area contributed by atoms with Gasteiger partial charge in [-0.25, -0.2) is 4.98 Å². The van der Waals surface area contributed by atoms with E-state index in [4.69, 9.17) is 4.52 Å². The van der Waals surface area contributed by atoms with Crippen molar-refractivity contribution < 1.29 is 4.52 Å². The molecule has 3 rings (SSSR count). The lowest BCUT2D eigenvalue weighted by Gasteiger charge is -2.01. The number of aromatic nitrogens is 3. The van der Waals surface area contributed by atoms with E-state index in [0.717, 1.165) is 15.6 Å². The van der Waals surface area contributed by atoms with Crippen molar-refractivity contribution in [1.82, 2.24) is 15.1 Å². The van der Waals surface area contributed by atoms with Crippen LogP contribution in [-0.4, -0.2) is 15.1 Å². The van der Waals surface area contributed by atoms with E-state index in [2.05, 4.69) is 15.1 Å². The van der Waals surface area contributed by atoms with Gasteiger partial charge in [0.25, 0.3) is 0 Å². The Morgan fingerprint density at radius 2 is 2.00 bits per heavy atom. The largest absolute Gasteiger partial charge is 0.338 e. The first kappa shape index (κ1) is 13.3. The molecule has 4 nitrogen and oxygen atoms in total. The summed E-state index contributed by atoms with van der Waals surface area (Å²) in [5.74, 6) is 1.25. The van der Waals surface area contributed by atoms with E-state index in [-0.39, 0.29) is 5.25 Å². The number of nitrogens with zero attached hydrogens (tertiary/aromatic N) is 3. The van der Waals surface area contributed by atoms with Crippen molar-refractivity contribution in [2.45, 2.75) is 23.4 Å². The maximum absolute atomic E-state index is 5.35. The van der Waals surface area contributed by atoms with E-state index in [1.54, 1.807) is 23.1 Å². The van der Waals surface area contributed by atoms with Crippen molar-refractivity contribution in [3.63, 3.8) is 0 Å². The predicted octanol–water partition coefficient (Wildman–Crippen LogP) is 4.35. The molecule has 1 unspecified atom stereocenters. The first-order valence-corrected chi connectivity index (χ1v) is 7.96. The summed E-state index contributed by atoms with van der Waals surface area (Å²) in [6.45, 7) is 4.04. The molecule has 0 spiro atoms. The second-order valence-electron chi connectivity index (χ2n) is 4.34. The number of hydrogen-bond donors (Lipinski definition) is 0. The molecule has 2 heterocycles. The fourth-order valence-corrected chi connectivity index (χ4v) is 3.71. The van der Waals surface area contributed by atoms with Crippen molar-refractivity contribution in [3.05, 3.63) is 47.3 Å². The summed E-state index contributed by atoms with van der Waals surface area (Å²) in [6.07, 6.45) is 0. The lowest BCUT2D eigenvalue weighted by atomic mass is 10.2. The van der Waals surface area contributed by atoms with Gasteiger partial charge in [-0.1, -0.05) is 47.3 Å². The second-order valence-corrected chi connectivity index (χ2v) is 6.78. The Morgan fingerprint density at radius 3 is 2.70 bits per heavy atom. The van der Waals surface area contributed by atoms with Gasteiger partial charge in [0.05, 0.1) is 5.25 Å². The average Bonchev–Trinajstić information content (AvgIpc) is 3.09. The van der Waals surface area contributed by atoms with Crippen molar-refractivity contribution in [2.75, 3.05) is 0 Å². The number of hydrogen-bond acceptors (Lipinski definition) is 6. The van der Waals surface area contributed by atoms with Crippen LogP contribution in [-0.2, 0) is 0 Å². The highest BCUT2D eigenvalue weighted by molar-refractivity contribution is 8.01. The van der Waals surface area contributed by atoms with Gasteiger partial charge in [-0.2, -0.15) is 4.98 Å². The molecular formula is C14H13N3OS2. The van der Waals surface area contributed by atoms with Crippen LogP contribution in [0.15, 0.2) is 44.6 Å². The zero-order valence-electron chi connectivity index (χ0n) is 11.1. The minimum atomic E-state index is 0.0884. The van der Waals surface area contributed by atoms with Crippen LogP contribution in [0, 0.1) is 6.92 Å². The third kappa shape index (κ3) is 2.91. The zero-order valence-corrected chi connectivity index (χ0v) is 12.7. The summed E-state index contributed by atoms with van der Waals surface area (Å²) in [5, 5.41) is 6.17. The molecule has 102 valence electrons. The van der Waals surface area contributed by atoms with Gasteiger partial charge < -0.3 is 4.52 Å². The Balaban J connectivity index is 1.76. The van der Waals surface area contributed by atoms with Crippen LogP contribution in [0.4, 0.5) is 0 Å². The van der Waals surface area contributed by atoms with Gasteiger partial charge in [-0.3, -0.25) is 0 Å². The van der Waals surface area contributed by atoms with Gasteiger partial charge >= 0.3 is 0 Å². The molecule has 3 aromatic rings. The molecule has 2 aromatic heterocycles. The molecular weight excluding hydrogens is 290 g/mol. The Kier molecular flexibility index (Phi) is 3.84. The lowest BCUT2D eigenvalue weighted by Crippen LogP contribution is -1.88. The topological polar surface area (TPSA) is 51.8 Å². The quantitative estimate of drug-likeness (QED) is 0.670. The van der Waals surface area contributed by atoms with Crippen molar-refractivity contribution in [1.29, 1.82) is 0 Å². The standard InChI is InChI=1S/C14H13N3OS2/c1-9-8-19-14(15-9)20-10(2)13-16-12(17-18-13)11-6-4-3-5-7-11/h3-8,10H,1-2H3. The fraction of sp³-hybridized carbons (Fsp3) is 0.214. The molecule has 0 N–H and O–H groups in total. The summed E-state index contributed by atoms with van der Waals surface area (Å²) < 4.78 is 6.38. The molecule has 0 fully saturated rings.